The molecule has 1 aromatic heterocycles. The predicted octanol–water partition coefficient (Wildman–Crippen LogP) is 2.22. The summed E-state index contributed by atoms with van der Waals surface area (Å²) in [6, 6.07) is 0. The highest BCUT2D eigenvalue weighted by Gasteiger charge is 2.42. The Hall–Kier alpha value is -1.11. The smallest absolute Gasteiger partial charge is 0.325 e. The Labute approximate surface area is 115 Å². The number of hydrogen-bond acceptors (Lipinski definition) is 3. The summed E-state index contributed by atoms with van der Waals surface area (Å²) in [7, 11) is 0. The third kappa shape index (κ3) is 2.55. The number of halogens is 3. The van der Waals surface area contributed by atoms with Crippen molar-refractivity contribution in [3.8, 4) is 0 Å². The number of alkyl halides is 3. The fraction of sp³-hybridized carbons (Fsp3) is 0.846. The van der Waals surface area contributed by atoms with E-state index in [-0.39, 0.29) is 18.5 Å². The summed E-state index contributed by atoms with van der Waals surface area (Å²) in [5.74, 6) is 0.00231. The van der Waals surface area contributed by atoms with Gasteiger partial charge in [-0.05, 0) is 19.3 Å². The van der Waals surface area contributed by atoms with Crippen LogP contribution >= 0.6 is 0 Å². The Morgan fingerprint density at radius 2 is 1.95 bits per heavy atom. The standard InChI is InChI=1S/C13H19F3N4/c14-13(15,16)9-3-4-10-18-19-11(20(10)8-9)7-12(17)5-1-2-6-12/h9H,1-8,17H2. The number of fused-ring (bicyclic) bond motifs is 1. The molecular formula is C13H19F3N4. The van der Waals surface area contributed by atoms with Gasteiger partial charge < -0.3 is 10.3 Å². The zero-order chi connectivity index (χ0) is 14.4. The van der Waals surface area contributed by atoms with E-state index in [0.29, 0.717) is 24.5 Å². The molecule has 3 rings (SSSR count). The van der Waals surface area contributed by atoms with Gasteiger partial charge >= 0.3 is 6.18 Å². The molecule has 112 valence electrons. The Morgan fingerprint density at radius 3 is 2.60 bits per heavy atom. The van der Waals surface area contributed by atoms with Crippen LogP contribution in [0.25, 0.3) is 0 Å². The number of aromatic nitrogens is 3. The summed E-state index contributed by atoms with van der Waals surface area (Å²) >= 11 is 0. The molecule has 1 atom stereocenters. The lowest BCUT2D eigenvalue weighted by Gasteiger charge is -2.28. The maximum atomic E-state index is 12.9. The molecule has 20 heavy (non-hydrogen) atoms. The van der Waals surface area contributed by atoms with E-state index >= 15 is 0 Å². The second-order valence-electron chi connectivity index (χ2n) is 6.17. The monoisotopic (exact) mass is 288 g/mol. The highest BCUT2D eigenvalue weighted by molar-refractivity contribution is 5.06. The summed E-state index contributed by atoms with van der Waals surface area (Å²) in [4.78, 5) is 0. The van der Waals surface area contributed by atoms with Crippen molar-refractivity contribution in [1.82, 2.24) is 14.8 Å². The molecule has 0 bridgehead atoms. The van der Waals surface area contributed by atoms with Gasteiger partial charge in [0, 0.05) is 24.9 Å². The summed E-state index contributed by atoms with van der Waals surface area (Å²) in [6.07, 6.45) is 0.836. The first-order chi connectivity index (χ1) is 9.37. The Balaban J connectivity index is 1.80. The molecule has 0 aromatic carbocycles. The summed E-state index contributed by atoms with van der Waals surface area (Å²) in [5.41, 5.74) is 5.99. The van der Waals surface area contributed by atoms with Gasteiger partial charge in [0.25, 0.3) is 0 Å². The fourth-order valence-electron chi connectivity index (χ4n) is 3.35. The van der Waals surface area contributed by atoms with Crippen LogP contribution in [0.1, 0.15) is 43.8 Å². The highest BCUT2D eigenvalue weighted by atomic mass is 19.4. The van der Waals surface area contributed by atoms with Crippen LogP contribution in [0.4, 0.5) is 13.2 Å². The number of nitrogens with zero attached hydrogens (tertiary/aromatic N) is 3. The van der Waals surface area contributed by atoms with E-state index in [4.69, 9.17) is 5.73 Å². The van der Waals surface area contributed by atoms with Gasteiger partial charge in [0.1, 0.15) is 11.6 Å². The molecule has 0 spiro atoms. The minimum Gasteiger partial charge on any atom is -0.325 e. The largest absolute Gasteiger partial charge is 0.393 e. The van der Waals surface area contributed by atoms with Gasteiger partial charge in [0.2, 0.25) is 0 Å². The van der Waals surface area contributed by atoms with Crippen molar-refractivity contribution >= 4 is 0 Å². The summed E-state index contributed by atoms with van der Waals surface area (Å²) in [5, 5.41) is 8.13. The van der Waals surface area contributed by atoms with Gasteiger partial charge in [-0.25, -0.2) is 0 Å². The van der Waals surface area contributed by atoms with Crippen LogP contribution in [-0.4, -0.2) is 26.5 Å². The van der Waals surface area contributed by atoms with E-state index < -0.39 is 12.1 Å². The molecule has 7 heteroatoms. The molecule has 4 nitrogen and oxygen atoms in total. The molecule has 0 radical (unpaired) electrons. The molecule has 2 aliphatic rings. The van der Waals surface area contributed by atoms with Crippen molar-refractivity contribution in [2.24, 2.45) is 11.7 Å². The minimum absolute atomic E-state index is 0.0583. The second kappa shape index (κ2) is 4.72. The van der Waals surface area contributed by atoms with Gasteiger partial charge in [0.05, 0.1) is 5.92 Å². The minimum atomic E-state index is -4.15. The average molecular weight is 288 g/mol. The van der Waals surface area contributed by atoms with Crippen LogP contribution in [0, 0.1) is 5.92 Å². The number of aryl methyl sites for hydroxylation is 1. The van der Waals surface area contributed by atoms with E-state index in [0.717, 1.165) is 25.7 Å². The molecule has 1 unspecified atom stereocenters. The lowest BCUT2D eigenvalue weighted by molar-refractivity contribution is -0.182. The van der Waals surface area contributed by atoms with Crippen LogP contribution < -0.4 is 5.73 Å². The van der Waals surface area contributed by atoms with Gasteiger partial charge in [-0.2, -0.15) is 13.2 Å². The molecule has 1 aliphatic carbocycles. The SMILES string of the molecule is NC1(Cc2nnc3n2CC(C(F)(F)F)CC3)CCCC1. The molecule has 0 amide bonds. The topological polar surface area (TPSA) is 56.7 Å². The predicted molar refractivity (Wildman–Crippen MR) is 67.0 cm³/mol. The van der Waals surface area contributed by atoms with Crippen molar-refractivity contribution < 1.29 is 13.2 Å². The van der Waals surface area contributed by atoms with E-state index in [1.54, 1.807) is 4.57 Å². The first kappa shape index (κ1) is 13.9. The number of rotatable bonds is 2. The molecule has 1 aromatic rings. The fourth-order valence-corrected chi connectivity index (χ4v) is 3.35. The van der Waals surface area contributed by atoms with Crippen molar-refractivity contribution in [2.75, 3.05) is 0 Å². The van der Waals surface area contributed by atoms with Crippen molar-refractivity contribution in [3.63, 3.8) is 0 Å². The van der Waals surface area contributed by atoms with Crippen molar-refractivity contribution in [3.05, 3.63) is 11.6 Å². The molecule has 2 N–H and O–H groups in total. The Bertz CT molecular complexity index is 488. The maximum Gasteiger partial charge on any atom is 0.393 e. The maximum absolute atomic E-state index is 12.9. The van der Waals surface area contributed by atoms with Gasteiger partial charge in [0.15, 0.2) is 0 Å². The molecule has 0 saturated heterocycles. The molecule has 1 aliphatic heterocycles. The normalized spacial score (nSPS) is 25.7. The van der Waals surface area contributed by atoms with Gasteiger partial charge in [-0.3, -0.25) is 0 Å². The Morgan fingerprint density at radius 1 is 1.25 bits per heavy atom. The number of nitrogens with two attached hydrogens (primary N) is 1. The third-order valence-electron chi connectivity index (χ3n) is 4.60. The van der Waals surface area contributed by atoms with Crippen molar-refractivity contribution in [2.45, 2.75) is 63.2 Å². The van der Waals surface area contributed by atoms with E-state index in [9.17, 15) is 13.2 Å². The highest BCUT2D eigenvalue weighted by Crippen LogP contribution is 2.35. The molecule has 2 heterocycles. The van der Waals surface area contributed by atoms with Crippen LogP contribution in [0.5, 0.6) is 0 Å². The summed E-state index contributed by atoms with van der Waals surface area (Å²) in [6.45, 7) is -0.0583. The van der Waals surface area contributed by atoms with E-state index in [2.05, 4.69) is 10.2 Å². The molecule has 1 saturated carbocycles. The zero-order valence-electron chi connectivity index (χ0n) is 11.3. The van der Waals surface area contributed by atoms with E-state index in [1.807, 2.05) is 0 Å². The van der Waals surface area contributed by atoms with Gasteiger partial charge in [-0.15, -0.1) is 10.2 Å². The van der Waals surface area contributed by atoms with Crippen LogP contribution in [0.15, 0.2) is 0 Å². The van der Waals surface area contributed by atoms with Crippen LogP contribution in [0.2, 0.25) is 0 Å². The van der Waals surface area contributed by atoms with Gasteiger partial charge in [-0.1, -0.05) is 12.8 Å². The lowest BCUT2D eigenvalue weighted by Crippen LogP contribution is -2.40. The first-order valence-corrected chi connectivity index (χ1v) is 7.14. The lowest BCUT2D eigenvalue weighted by atomic mass is 9.93. The zero-order valence-corrected chi connectivity index (χ0v) is 11.3. The quantitative estimate of drug-likeness (QED) is 0.907. The summed E-state index contributed by atoms with van der Waals surface area (Å²) < 4.78 is 40.3. The molecular weight excluding hydrogens is 269 g/mol. The molecule has 1 fully saturated rings. The van der Waals surface area contributed by atoms with Crippen LogP contribution in [-0.2, 0) is 19.4 Å². The average Bonchev–Trinajstić information content (AvgIpc) is 2.96. The third-order valence-corrected chi connectivity index (χ3v) is 4.60. The Kier molecular flexibility index (Phi) is 3.27. The van der Waals surface area contributed by atoms with Crippen LogP contribution in [0.3, 0.4) is 0 Å². The van der Waals surface area contributed by atoms with E-state index in [1.165, 1.54) is 0 Å². The van der Waals surface area contributed by atoms with Crippen molar-refractivity contribution in [1.29, 1.82) is 0 Å². The number of hydrogen-bond donors (Lipinski definition) is 1. The first-order valence-electron chi connectivity index (χ1n) is 7.14. The second-order valence-corrected chi connectivity index (χ2v) is 6.17.